The van der Waals surface area contributed by atoms with Crippen LogP contribution in [-0.4, -0.2) is 34.4 Å². The average molecular weight is 254 g/mol. The number of carbonyl (C=O) groups is 1. The summed E-state index contributed by atoms with van der Waals surface area (Å²) in [5.74, 6) is 0.602. The second-order valence-electron chi connectivity index (χ2n) is 4.45. The lowest BCUT2D eigenvalue weighted by Gasteiger charge is -2.23. The van der Waals surface area contributed by atoms with E-state index in [0.29, 0.717) is 11.4 Å². The predicted octanol–water partition coefficient (Wildman–Crippen LogP) is 2.54. The highest BCUT2D eigenvalue weighted by Gasteiger charge is 2.28. The zero-order valence-electron chi connectivity index (χ0n) is 9.82. The number of alkyl halides is 1. The van der Waals surface area contributed by atoms with Crippen LogP contribution in [0.25, 0.3) is 0 Å². The first-order chi connectivity index (χ1) is 8.13. The Balaban J connectivity index is 2.21. The fraction of sp³-hybridized carbons (Fsp3) is 0.462. The molecule has 1 unspecified atom stereocenters. The maximum absolute atomic E-state index is 12.2. The molecule has 0 saturated carbocycles. The summed E-state index contributed by atoms with van der Waals surface area (Å²) in [5.41, 5.74) is 1.31. The molecule has 17 heavy (non-hydrogen) atoms. The van der Waals surface area contributed by atoms with Gasteiger partial charge in [-0.15, -0.1) is 11.6 Å². The van der Waals surface area contributed by atoms with Crippen LogP contribution in [0.15, 0.2) is 18.2 Å². The number of hydrogen-bond donors (Lipinski definition) is 1. The van der Waals surface area contributed by atoms with Crippen molar-refractivity contribution < 1.29 is 9.90 Å². The molecule has 0 spiro atoms. The third-order valence-electron chi connectivity index (χ3n) is 3.27. The summed E-state index contributed by atoms with van der Waals surface area (Å²) in [6.45, 7) is 2.56. The van der Waals surface area contributed by atoms with Crippen molar-refractivity contribution in [1.29, 1.82) is 0 Å². The van der Waals surface area contributed by atoms with E-state index in [1.54, 1.807) is 24.0 Å². The van der Waals surface area contributed by atoms with Gasteiger partial charge in [-0.3, -0.25) is 4.79 Å². The van der Waals surface area contributed by atoms with Crippen molar-refractivity contribution in [2.45, 2.75) is 25.8 Å². The van der Waals surface area contributed by atoms with E-state index in [1.807, 2.05) is 0 Å². The van der Waals surface area contributed by atoms with Gasteiger partial charge in [0, 0.05) is 24.0 Å². The quantitative estimate of drug-likeness (QED) is 0.823. The van der Waals surface area contributed by atoms with Crippen molar-refractivity contribution >= 4 is 17.5 Å². The van der Waals surface area contributed by atoms with Crippen molar-refractivity contribution in [3.05, 3.63) is 29.3 Å². The number of rotatable bonds is 2. The molecule has 0 aromatic heterocycles. The second kappa shape index (κ2) is 4.96. The molecule has 1 amide bonds. The van der Waals surface area contributed by atoms with Crippen LogP contribution < -0.4 is 0 Å². The van der Waals surface area contributed by atoms with Crippen LogP contribution in [0.3, 0.4) is 0 Å². The van der Waals surface area contributed by atoms with Crippen LogP contribution in [0.5, 0.6) is 5.75 Å². The Hall–Kier alpha value is -1.22. The van der Waals surface area contributed by atoms with Gasteiger partial charge in [0.2, 0.25) is 0 Å². The van der Waals surface area contributed by atoms with Gasteiger partial charge in [-0.25, -0.2) is 0 Å². The van der Waals surface area contributed by atoms with E-state index in [-0.39, 0.29) is 17.7 Å². The molecule has 0 radical (unpaired) electrons. The Labute approximate surface area is 106 Å². The van der Waals surface area contributed by atoms with Crippen molar-refractivity contribution in [3.63, 3.8) is 0 Å². The predicted molar refractivity (Wildman–Crippen MR) is 67.6 cm³/mol. The number of aromatic hydroxyl groups is 1. The number of amides is 1. The number of carbonyl (C=O) groups excluding carboxylic acids is 1. The Bertz CT molecular complexity index is 433. The van der Waals surface area contributed by atoms with Crippen molar-refractivity contribution in [1.82, 2.24) is 4.90 Å². The third-order valence-corrected chi connectivity index (χ3v) is 3.63. The van der Waals surface area contributed by atoms with Gasteiger partial charge in [0.05, 0.1) is 0 Å². The lowest BCUT2D eigenvalue weighted by Crippen LogP contribution is -2.36. The molecule has 3 nitrogen and oxygen atoms in total. The van der Waals surface area contributed by atoms with E-state index in [9.17, 15) is 9.90 Å². The molecule has 0 aliphatic carbocycles. The standard InChI is InChI=1S/C13H16ClNO2/c1-9-4-5-10(7-12(9)16)13(17)15-6-2-3-11(15)8-14/h4-5,7,11,16H,2-3,6,8H2,1H3. The summed E-state index contributed by atoms with van der Waals surface area (Å²) < 4.78 is 0. The van der Waals surface area contributed by atoms with Gasteiger partial charge in [0.15, 0.2) is 0 Å². The Morgan fingerprint density at radius 3 is 3.00 bits per heavy atom. The van der Waals surface area contributed by atoms with Crippen LogP contribution in [-0.2, 0) is 0 Å². The molecule has 1 fully saturated rings. The van der Waals surface area contributed by atoms with Crippen LogP contribution in [0.4, 0.5) is 0 Å². The Morgan fingerprint density at radius 1 is 1.59 bits per heavy atom. The summed E-state index contributed by atoms with van der Waals surface area (Å²) >= 11 is 5.85. The van der Waals surface area contributed by atoms with E-state index < -0.39 is 0 Å². The largest absolute Gasteiger partial charge is 0.508 e. The molecule has 1 heterocycles. The first-order valence-electron chi connectivity index (χ1n) is 5.80. The van der Waals surface area contributed by atoms with Gasteiger partial charge in [-0.1, -0.05) is 6.07 Å². The van der Waals surface area contributed by atoms with Gasteiger partial charge in [-0.2, -0.15) is 0 Å². The fourth-order valence-electron chi connectivity index (χ4n) is 2.17. The van der Waals surface area contributed by atoms with Crippen LogP contribution in [0, 0.1) is 6.92 Å². The smallest absolute Gasteiger partial charge is 0.254 e. The summed E-state index contributed by atoms with van der Waals surface area (Å²) in [6, 6.07) is 5.17. The van der Waals surface area contributed by atoms with E-state index in [2.05, 4.69) is 0 Å². The number of aryl methyl sites for hydroxylation is 1. The van der Waals surface area contributed by atoms with E-state index in [0.717, 1.165) is 24.9 Å². The number of phenols is 1. The molecule has 1 aliphatic rings. The maximum Gasteiger partial charge on any atom is 0.254 e. The molecule has 0 bridgehead atoms. The molecular weight excluding hydrogens is 238 g/mol. The number of benzene rings is 1. The topological polar surface area (TPSA) is 40.5 Å². The highest BCUT2D eigenvalue weighted by Crippen LogP contribution is 2.23. The SMILES string of the molecule is Cc1ccc(C(=O)N2CCCC2CCl)cc1O. The summed E-state index contributed by atoms with van der Waals surface area (Å²) in [7, 11) is 0. The third kappa shape index (κ3) is 2.39. The number of nitrogens with zero attached hydrogens (tertiary/aromatic N) is 1. The van der Waals surface area contributed by atoms with Gasteiger partial charge in [0.1, 0.15) is 5.75 Å². The molecule has 92 valence electrons. The molecule has 1 atom stereocenters. The van der Waals surface area contributed by atoms with E-state index in [1.165, 1.54) is 6.07 Å². The van der Waals surface area contributed by atoms with Crippen LogP contribution in [0.2, 0.25) is 0 Å². The van der Waals surface area contributed by atoms with Gasteiger partial charge in [-0.05, 0) is 37.5 Å². The molecule has 1 aromatic rings. The summed E-state index contributed by atoms with van der Waals surface area (Å²) in [6.07, 6.45) is 1.97. The van der Waals surface area contributed by atoms with Crippen molar-refractivity contribution in [2.75, 3.05) is 12.4 Å². The monoisotopic (exact) mass is 253 g/mol. The van der Waals surface area contributed by atoms with Gasteiger partial charge >= 0.3 is 0 Å². The minimum absolute atomic E-state index is 0.0385. The zero-order chi connectivity index (χ0) is 12.4. The highest BCUT2D eigenvalue weighted by molar-refractivity contribution is 6.18. The number of likely N-dealkylation sites (tertiary alicyclic amines) is 1. The zero-order valence-corrected chi connectivity index (χ0v) is 10.6. The number of hydrogen-bond acceptors (Lipinski definition) is 2. The molecule has 1 saturated heterocycles. The summed E-state index contributed by atoms with van der Waals surface area (Å²) in [4.78, 5) is 14.0. The first kappa shape index (κ1) is 12.2. The van der Waals surface area contributed by atoms with Crippen molar-refractivity contribution in [3.8, 4) is 5.75 Å². The van der Waals surface area contributed by atoms with E-state index in [4.69, 9.17) is 11.6 Å². The second-order valence-corrected chi connectivity index (χ2v) is 4.76. The lowest BCUT2D eigenvalue weighted by atomic mass is 10.1. The molecule has 2 rings (SSSR count). The highest BCUT2D eigenvalue weighted by atomic mass is 35.5. The lowest BCUT2D eigenvalue weighted by molar-refractivity contribution is 0.0748. The fourth-order valence-corrected chi connectivity index (χ4v) is 2.49. The van der Waals surface area contributed by atoms with Crippen LogP contribution in [0.1, 0.15) is 28.8 Å². The molecule has 4 heteroatoms. The van der Waals surface area contributed by atoms with Gasteiger partial charge < -0.3 is 10.0 Å². The molecule has 1 N–H and O–H groups in total. The number of halogens is 1. The maximum atomic E-state index is 12.2. The molecular formula is C13H16ClNO2. The first-order valence-corrected chi connectivity index (χ1v) is 6.33. The van der Waals surface area contributed by atoms with Crippen molar-refractivity contribution in [2.24, 2.45) is 0 Å². The molecule has 1 aliphatic heterocycles. The van der Waals surface area contributed by atoms with Crippen LogP contribution >= 0.6 is 11.6 Å². The van der Waals surface area contributed by atoms with Gasteiger partial charge in [0.25, 0.3) is 5.91 Å². The minimum Gasteiger partial charge on any atom is -0.508 e. The average Bonchev–Trinajstić information content (AvgIpc) is 2.80. The Morgan fingerprint density at radius 2 is 2.35 bits per heavy atom. The number of phenolic OH excluding ortho intramolecular Hbond substituents is 1. The Kier molecular flexibility index (Phi) is 3.57. The van der Waals surface area contributed by atoms with E-state index >= 15 is 0 Å². The minimum atomic E-state index is -0.0385. The summed E-state index contributed by atoms with van der Waals surface area (Å²) in [5, 5.41) is 9.62. The molecule has 1 aromatic carbocycles. The normalized spacial score (nSPS) is 19.6.